The predicted molar refractivity (Wildman–Crippen MR) is 82.1 cm³/mol. The molecule has 0 fully saturated rings. The van der Waals surface area contributed by atoms with Gasteiger partial charge in [-0.05, 0) is 26.3 Å². The summed E-state index contributed by atoms with van der Waals surface area (Å²) in [7, 11) is 0. The summed E-state index contributed by atoms with van der Waals surface area (Å²) in [6, 6.07) is 9.48. The molecule has 0 atom stereocenters. The SMILES string of the molecule is CC(C)(C)OC(=O)CCOCCC(=O)OCc1ccccc1. The zero-order valence-corrected chi connectivity index (χ0v) is 13.5. The summed E-state index contributed by atoms with van der Waals surface area (Å²) in [6.07, 6.45) is 0.345. The summed E-state index contributed by atoms with van der Waals surface area (Å²) in [5.41, 5.74) is 0.458. The van der Waals surface area contributed by atoms with E-state index in [0.717, 1.165) is 5.56 Å². The van der Waals surface area contributed by atoms with Crippen LogP contribution in [0.15, 0.2) is 30.3 Å². The average molecular weight is 308 g/mol. The van der Waals surface area contributed by atoms with E-state index >= 15 is 0 Å². The van der Waals surface area contributed by atoms with Crippen LogP contribution in [-0.2, 0) is 30.4 Å². The highest BCUT2D eigenvalue weighted by Crippen LogP contribution is 2.08. The zero-order valence-electron chi connectivity index (χ0n) is 13.5. The molecule has 0 aliphatic heterocycles. The van der Waals surface area contributed by atoms with Crippen LogP contribution in [0.3, 0.4) is 0 Å². The lowest BCUT2D eigenvalue weighted by atomic mass is 10.2. The normalized spacial score (nSPS) is 11.0. The maximum Gasteiger partial charge on any atom is 0.308 e. The molecule has 0 N–H and O–H groups in total. The Morgan fingerprint density at radius 1 is 0.955 bits per heavy atom. The Morgan fingerprint density at radius 3 is 2.14 bits per heavy atom. The van der Waals surface area contributed by atoms with Crippen molar-refractivity contribution in [2.45, 2.75) is 45.8 Å². The first-order chi connectivity index (χ1) is 10.4. The molecule has 0 spiro atoms. The molecule has 5 nitrogen and oxygen atoms in total. The largest absolute Gasteiger partial charge is 0.461 e. The van der Waals surface area contributed by atoms with Crippen molar-refractivity contribution >= 4 is 11.9 Å². The van der Waals surface area contributed by atoms with Crippen molar-refractivity contribution in [3.8, 4) is 0 Å². The molecule has 0 saturated heterocycles. The van der Waals surface area contributed by atoms with Gasteiger partial charge in [0.1, 0.15) is 12.2 Å². The average Bonchev–Trinajstić information content (AvgIpc) is 2.44. The monoisotopic (exact) mass is 308 g/mol. The maximum absolute atomic E-state index is 11.5. The highest BCUT2D eigenvalue weighted by atomic mass is 16.6. The minimum atomic E-state index is -0.488. The molecule has 0 bridgehead atoms. The fourth-order valence-electron chi connectivity index (χ4n) is 1.62. The van der Waals surface area contributed by atoms with Gasteiger partial charge in [-0.25, -0.2) is 0 Å². The van der Waals surface area contributed by atoms with Gasteiger partial charge in [-0.15, -0.1) is 0 Å². The molecule has 22 heavy (non-hydrogen) atoms. The first kappa shape index (κ1) is 18.2. The summed E-state index contributed by atoms with van der Waals surface area (Å²) in [4.78, 5) is 22.9. The Labute approximate surface area is 131 Å². The van der Waals surface area contributed by atoms with Crippen LogP contribution in [0.25, 0.3) is 0 Å². The number of hydrogen-bond acceptors (Lipinski definition) is 5. The topological polar surface area (TPSA) is 61.8 Å². The van der Waals surface area contributed by atoms with Gasteiger partial charge in [0.15, 0.2) is 0 Å². The Balaban J connectivity index is 2.04. The number of rotatable bonds is 8. The van der Waals surface area contributed by atoms with Crippen LogP contribution < -0.4 is 0 Å². The van der Waals surface area contributed by atoms with Crippen LogP contribution in [0.2, 0.25) is 0 Å². The number of ether oxygens (including phenoxy) is 3. The first-order valence-corrected chi connectivity index (χ1v) is 7.36. The van der Waals surface area contributed by atoms with Gasteiger partial charge in [-0.2, -0.15) is 0 Å². The van der Waals surface area contributed by atoms with Gasteiger partial charge in [-0.1, -0.05) is 30.3 Å². The fraction of sp³-hybridized carbons (Fsp3) is 0.529. The van der Waals surface area contributed by atoms with Crippen LogP contribution in [0.5, 0.6) is 0 Å². The van der Waals surface area contributed by atoms with E-state index in [0.29, 0.717) is 0 Å². The minimum absolute atomic E-state index is 0.168. The lowest BCUT2D eigenvalue weighted by Crippen LogP contribution is -2.24. The Morgan fingerprint density at radius 2 is 1.55 bits per heavy atom. The zero-order chi connectivity index (χ0) is 16.4. The van der Waals surface area contributed by atoms with Gasteiger partial charge in [0, 0.05) is 0 Å². The number of hydrogen-bond donors (Lipinski definition) is 0. The molecule has 1 aromatic carbocycles. The Hall–Kier alpha value is -1.88. The van der Waals surface area contributed by atoms with Gasteiger partial charge in [0.05, 0.1) is 26.1 Å². The number of benzene rings is 1. The van der Waals surface area contributed by atoms with Crippen molar-refractivity contribution in [2.24, 2.45) is 0 Å². The smallest absolute Gasteiger partial charge is 0.308 e. The highest BCUT2D eigenvalue weighted by Gasteiger charge is 2.15. The van der Waals surface area contributed by atoms with Gasteiger partial charge in [0.2, 0.25) is 0 Å². The molecule has 0 aliphatic rings. The van der Waals surface area contributed by atoms with Crippen LogP contribution in [-0.4, -0.2) is 30.8 Å². The van der Waals surface area contributed by atoms with E-state index in [1.165, 1.54) is 0 Å². The van der Waals surface area contributed by atoms with Gasteiger partial charge >= 0.3 is 11.9 Å². The summed E-state index contributed by atoms with van der Waals surface area (Å²) < 4.78 is 15.5. The summed E-state index contributed by atoms with van der Waals surface area (Å²) in [5, 5.41) is 0. The van der Waals surface area contributed by atoms with Crippen molar-refractivity contribution in [1.29, 1.82) is 0 Å². The second kappa shape index (κ2) is 9.20. The molecule has 122 valence electrons. The second-order valence-corrected chi connectivity index (χ2v) is 5.85. The molecule has 0 radical (unpaired) electrons. The van der Waals surface area contributed by atoms with Crippen molar-refractivity contribution < 1.29 is 23.8 Å². The van der Waals surface area contributed by atoms with Gasteiger partial charge in [0.25, 0.3) is 0 Å². The van der Waals surface area contributed by atoms with E-state index in [-0.39, 0.29) is 44.6 Å². The molecule has 5 heteroatoms. The standard InChI is InChI=1S/C17H24O5/c1-17(2,3)22-16(19)10-12-20-11-9-15(18)21-13-14-7-5-4-6-8-14/h4-8H,9-13H2,1-3H3. The molecule has 0 amide bonds. The van der Waals surface area contributed by atoms with E-state index in [9.17, 15) is 9.59 Å². The third kappa shape index (κ3) is 9.13. The van der Waals surface area contributed by atoms with E-state index in [1.807, 2.05) is 51.1 Å². The van der Waals surface area contributed by atoms with Gasteiger partial charge < -0.3 is 14.2 Å². The van der Waals surface area contributed by atoms with E-state index in [2.05, 4.69) is 0 Å². The number of carbonyl (C=O) groups is 2. The molecule has 1 aromatic rings. The molecule has 0 saturated carbocycles. The van der Waals surface area contributed by atoms with Crippen LogP contribution in [0, 0.1) is 0 Å². The van der Waals surface area contributed by atoms with Gasteiger partial charge in [-0.3, -0.25) is 9.59 Å². The number of carbonyl (C=O) groups excluding carboxylic acids is 2. The van der Waals surface area contributed by atoms with E-state index in [4.69, 9.17) is 14.2 Å². The molecular weight excluding hydrogens is 284 g/mol. The summed E-state index contributed by atoms with van der Waals surface area (Å²) in [6.45, 7) is 6.17. The van der Waals surface area contributed by atoms with Crippen molar-refractivity contribution in [2.75, 3.05) is 13.2 Å². The molecule has 0 aliphatic carbocycles. The lowest BCUT2D eigenvalue weighted by Gasteiger charge is -2.19. The second-order valence-electron chi connectivity index (χ2n) is 5.85. The van der Waals surface area contributed by atoms with Crippen molar-refractivity contribution in [3.05, 3.63) is 35.9 Å². The molecule has 0 heterocycles. The predicted octanol–water partition coefficient (Wildman–Crippen LogP) is 2.87. The van der Waals surface area contributed by atoms with Crippen LogP contribution in [0.1, 0.15) is 39.2 Å². The number of esters is 2. The fourth-order valence-corrected chi connectivity index (χ4v) is 1.62. The summed E-state index contributed by atoms with van der Waals surface area (Å²) >= 11 is 0. The quantitative estimate of drug-likeness (QED) is 0.546. The third-order valence-corrected chi connectivity index (χ3v) is 2.56. The van der Waals surface area contributed by atoms with Crippen molar-refractivity contribution in [1.82, 2.24) is 0 Å². The molecule has 0 aromatic heterocycles. The molecular formula is C17H24O5. The first-order valence-electron chi connectivity index (χ1n) is 7.36. The lowest BCUT2D eigenvalue weighted by molar-refractivity contribution is -0.156. The maximum atomic E-state index is 11.5. The minimum Gasteiger partial charge on any atom is -0.461 e. The van der Waals surface area contributed by atoms with E-state index < -0.39 is 5.60 Å². The van der Waals surface area contributed by atoms with Crippen LogP contribution >= 0.6 is 0 Å². The third-order valence-electron chi connectivity index (χ3n) is 2.56. The van der Waals surface area contributed by atoms with Crippen LogP contribution in [0.4, 0.5) is 0 Å². The van der Waals surface area contributed by atoms with E-state index in [1.54, 1.807) is 0 Å². The molecule has 0 unspecified atom stereocenters. The Bertz CT molecular complexity index is 462. The summed E-state index contributed by atoms with van der Waals surface area (Å²) in [5.74, 6) is -0.625. The highest BCUT2D eigenvalue weighted by molar-refractivity contribution is 5.70. The molecule has 1 rings (SSSR count). The van der Waals surface area contributed by atoms with Crippen molar-refractivity contribution in [3.63, 3.8) is 0 Å². The Kier molecular flexibility index (Phi) is 7.60.